The van der Waals surface area contributed by atoms with Crippen molar-refractivity contribution in [1.82, 2.24) is 15.1 Å². The zero-order valence-electron chi connectivity index (χ0n) is 12.9. The first-order valence-corrected chi connectivity index (χ1v) is 7.95. The van der Waals surface area contributed by atoms with E-state index in [-0.39, 0.29) is 5.82 Å². The third-order valence-corrected chi connectivity index (χ3v) is 3.73. The Morgan fingerprint density at radius 1 is 1.04 bits per heavy atom. The number of hydrogen-bond acceptors (Lipinski definition) is 2. The molecule has 2 N–H and O–H groups in total. The third-order valence-electron chi connectivity index (χ3n) is 3.48. The lowest BCUT2D eigenvalue weighted by Crippen LogP contribution is -2.27. The quantitative estimate of drug-likeness (QED) is 0.697. The van der Waals surface area contributed by atoms with Crippen molar-refractivity contribution in [3.63, 3.8) is 0 Å². The molecule has 6 heteroatoms. The van der Waals surface area contributed by atoms with Crippen molar-refractivity contribution in [2.24, 2.45) is 0 Å². The van der Waals surface area contributed by atoms with Crippen LogP contribution in [0.3, 0.4) is 0 Å². The largest absolute Gasteiger partial charge is 0.358 e. The Labute approximate surface area is 145 Å². The van der Waals surface area contributed by atoms with Crippen molar-refractivity contribution >= 4 is 23.0 Å². The third kappa shape index (κ3) is 4.63. The Kier molecular flexibility index (Phi) is 5.18. The van der Waals surface area contributed by atoms with E-state index in [1.807, 2.05) is 41.2 Å². The molecule has 1 aromatic heterocycles. The lowest BCUT2D eigenvalue weighted by atomic mass is 10.2. The summed E-state index contributed by atoms with van der Waals surface area (Å²) in [5.41, 5.74) is 3.04. The summed E-state index contributed by atoms with van der Waals surface area (Å²) in [6, 6.07) is 16.3. The van der Waals surface area contributed by atoms with Gasteiger partial charge in [0, 0.05) is 24.6 Å². The lowest BCUT2D eigenvalue weighted by molar-refractivity contribution is 0.627. The number of thiocarbonyl (C=S) groups is 1. The Hall–Kier alpha value is -2.73. The van der Waals surface area contributed by atoms with Gasteiger partial charge in [-0.25, -0.2) is 4.39 Å². The molecule has 0 bridgehead atoms. The fraction of sp³-hybridized carbons (Fsp3) is 0.111. The van der Waals surface area contributed by atoms with E-state index in [0.29, 0.717) is 11.7 Å². The molecule has 0 amide bonds. The molecular formula is C18H17FN4S. The number of anilines is 1. The molecule has 0 aliphatic heterocycles. The maximum Gasteiger partial charge on any atom is 0.171 e. The molecule has 0 aliphatic carbocycles. The van der Waals surface area contributed by atoms with Crippen LogP contribution < -0.4 is 10.6 Å². The zero-order valence-corrected chi connectivity index (χ0v) is 13.8. The van der Waals surface area contributed by atoms with E-state index in [9.17, 15) is 4.39 Å². The van der Waals surface area contributed by atoms with Crippen molar-refractivity contribution in [2.75, 3.05) is 5.32 Å². The summed E-state index contributed by atoms with van der Waals surface area (Å²) in [5, 5.41) is 10.9. The first-order chi connectivity index (χ1) is 11.7. The molecular weight excluding hydrogens is 323 g/mol. The number of hydrogen-bond donors (Lipinski definition) is 2. The molecule has 3 rings (SSSR count). The Morgan fingerprint density at radius 3 is 2.42 bits per heavy atom. The number of rotatable bonds is 5. The van der Waals surface area contributed by atoms with Crippen LogP contribution in [0.4, 0.5) is 10.1 Å². The number of benzene rings is 2. The second-order valence-corrected chi connectivity index (χ2v) is 5.74. The van der Waals surface area contributed by atoms with Gasteiger partial charge in [0.25, 0.3) is 0 Å². The standard InChI is InChI=1S/C18H17FN4S/c19-16-6-2-14(3-7-16)12-20-18(24)22-17-8-4-15(5-9-17)13-23-11-1-10-21-23/h1-11H,12-13H2,(H2,20,22,24). The number of nitrogens with zero attached hydrogens (tertiary/aromatic N) is 2. The highest BCUT2D eigenvalue weighted by Gasteiger charge is 2.00. The van der Waals surface area contributed by atoms with Crippen LogP contribution in [0.5, 0.6) is 0 Å². The monoisotopic (exact) mass is 340 g/mol. The van der Waals surface area contributed by atoms with E-state index in [2.05, 4.69) is 15.7 Å². The molecule has 0 fully saturated rings. The maximum absolute atomic E-state index is 12.9. The van der Waals surface area contributed by atoms with Crippen LogP contribution in [0, 0.1) is 5.82 Å². The molecule has 0 saturated heterocycles. The van der Waals surface area contributed by atoms with Gasteiger partial charge in [-0.3, -0.25) is 4.68 Å². The fourth-order valence-electron chi connectivity index (χ4n) is 2.23. The second-order valence-electron chi connectivity index (χ2n) is 5.33. The van der Waals surface area contributed by atoms with Gasteiger partial charge >= 0.3 is 0 Å². The van der Waals surface area contributed by atoms with Gasteiger partial charge in [0.1, 0.15) is 5.82 Å². The average molecular weight is 340 g/mol. The SMILES string of the molecule is Fc1ccc(CNC(=S)Nc2ccc(Cn3cccn3)cc2)cc1. The second kappa shape index (κ2) is 7.70. The van der Waals surface area contributed by atoms with Crippen LogP contribution in [0.2, 0.25) is 0 Å². The van der Waals surface area contributed by atoms with Gasteiger partial charge in [0.2, 0.25) is 0 Å². The normalized spacial score (nSPS) is 10.4. The smallest absolute Gasteiger partial charge is 0.171 e. The molecule has 1 heterocycles. The molecule has 122 valence electrons. The Morgan fingerprint density at radius 2 is 1.75 bits per heavy atom. The summed E-state index contributed by atoms with van der Waals surface area (Å²) >= 11 is 5.28. The van der Waals surface area contributed by atoms with Crippen LogP contribution in [0.25, 0.3) is 0 Å². The summed E-state index contributed by atoms with van der Waals surface area (Å²) in [5.74, 6) is -0.241. The number of halogens is 1. The fourth-order valence-corrected chi connectivity index (χ4v) is 2.42. The first-order valence-electron chi connectivity index (χ1n) is 7.55. The summed E-state index contributed by atoms with van der Waals surface area (Å²) in [7, 11) is 0. The zero-order chi connectivity index (χ0) is 16.8. The first kappa shape index (κ1) is 16.1. The van der Waals surface area contributed by atoms with Gasteiger partial charge < -0.3 is 10.6 Å². The van der Waals surface area contributed by atoms with Crippen LogP contribution in [-0.4, -0.2) is 14.9 Å². The Bertz CT molecular complexity index is 783. The topological polar surface area (TPSA) is 41.9 Å². The van der Waals surface area contributed by atoms with Gasteiger partial charge in [-0.2, -0.15) is 5.10 Å². The Balaban J connectivity index is 1.49. The van der Waals surface area contributed by atoms with Crippen LogP contribution in [0.1, 0.15) is 11.1 Å². The lowest BCUT2D eigenvalue weighted by Gasteiger charge is -2.11. The molecule has 0 aliphatic rings. The molecule has 0 atom stereocenters. The molecule has 4 nitrogen and oxygen atoms in total. The summed E-state index contributed by atoms with van der Waals surface area (Å²) in [6.45, 7) is 1.28. The van der Waals surface area contributed by atoms with Crippen molar-refractivity contribution in [1.29, 1.82) is 0 Å². The average Bonchev–Trinajstić information content (AvgIpc) is 3.09. The van der Waals surface area contributed by atoms with E-state index in [1.54, 1.807) is 18.3 Å². The van der Waals surface area contributed by atoms with E-state index >= 15 is 0 Å². The van der Waals surface area contributed by atoms with Crippen molar-refractivity contribution < 1.29 is 4.39 Å². The predicted molar refractivity (Wildman–Crippen MR) is 97.2 cm³/mol. The van der Waals surface area contributed by atoms with Gasteiger partial charge in [-0.05, 0) is 53.7 Å². The van der Waals surface area contributed by atoms with Crippen LogP contribution >= 0.6 is 12.2 Å². The van der Waals surface area contributed by atoms with E-state index in [1.165, 1.54) is 12.1 Å². The highest BCUT2D eigenvalue weighted by Crippen LogP contribution is 2.11. The molecule has 2 aromatic carbocycles. The van der Waals surface area contributed by atoms with Crippen molar-refractivity contribution in [2.45, 2.75) is 13.1 Å². The highest BCUT2D eigenvalue weighted by atomic mass is 32.1. The number of nitrogens with one attached hydrogen (secondary N) is 2. The molecule has 0 saturated carbocycles. The molecule has 0 spiro atoms. The minimum Gasteiger partial charge on any atom is -0.358 e. The minimum absolute atomic E-state index is 0.241. The molecule has 0 radical (unpaired) electrons. The summed E-state index contributed by atoms with van der Waals surface area (Å²) in [6.07, 6.45) is 3.70. The van der Waals surface area contributed by atoms with Crippen molar-refractivity contribution in [3.8, 4) is 0 Å². The van der Waals surface area contributed by atoms with Crippen molar-refractivity contribution in [3.05, 3.63) is 83.9 Å². The molecule has 3 aromatic rings. The van der Waals surface area contributed by atoms with Gasteiger partial charge in [0.15, 0.2) is 5.11 Å². The summed E-state index contributed by atoms with van der Waals surface area (Å²) in [4.78, 5) is 0. The highest BCUT2D eigenvalue weighted by molar-refractivity contribution is 7.80. The minimum atomic E-state index is -0.241. The van der Waals surface area contributed by atoms with E-state index < -0.39 is 0 Å². The van der Waals surface area contributed by atoms with Crippen LogP contribution in [0.15, 0.2) is 67.0 Å². The van der Waals surface area contributed by atoms with E-state index in [0.717, 1.165) is 23.4 Å². The number of aromatic nitrogens is 2. The van der Waals surface area contributed by atoms with Gasteiger partial charge in [-0.15, -0.1) is 0 Å². The summed E-state index contributed by atoms with van der Waals surface area (Å²) < 4.78 is 14.7. The molecule has 0 unspecified atom stereocenters. The van der Waals surface area contributed by atoms with Crippen LogP contribution in [-0.2, 0) is 13.1 Å². The van der Waals surface area contributed by atoms with Gasteiger partial charge in [0.05, 0.1) is 6.54 Å². The van der Waals surface area contributed by atoms with E-state index in [4.69, 9.17) is 12.2 Å². The maximum atomic E-state index is 12.9. The molecule has 24 heavy (non-hydrogen) atoms. The van der Waals surface area contributed by atoms with Gasteiger partial charge in [-0.1, -0.05) is 24.3 Å². The predicted octanol–water partition coefficient (Wildman–Crippen LogP) is 3.56.